The summed E-state index contributed by atoms with van der Waals surface area (Å²) in [7, 11) is 0. The quantitative estimate of drug-likeness (QED) is 0.412. The molecule has 0 saturated heterocycles. The molecule has 4 aromatic rings. The van der Waals surface area contributed by atoms with Crippen LogP contribution in [0.3, 0.4) is 0 Å². The number of hydrogen-bond acceptors (Lipinski definition) is 5. The van der Waals surface area contributed by atoms with Gasteiger partial charge in [-0.05, 0) is 48.4 Å². The summed E-state index contributed by atoms with van der Waals surface area (Å²) in [5, 5.41) is 3.14. The monoisotopic (exact) mass is 466 g/mol. The van der Waals surface area contributed by atoms with E-state index in [9.17, 15) is 14.0 Å². The number of aromatic nitrogens is 3. The van der Waals surface area contributed by atoms with Crippen molar-refractivity contribution >= 4 is 62.2 Å². The Morgan fingerprint density at radius 2 is 2.06 bits per heavy atom. The summed E-state index contributed by atoms with van der Waals surface area (Å²) < 4.78 is 15.9. The molecule has 0 aliphatic carbocycles. The summed E-state index contributed by atoms with van der Waals surface area (Å²) in [5.41, 5.74) is 2.09. The predicted molar refractivity (Wildman–Crippen MR) is 125 cm³/mol. The molecule has 0 spiro atoms. The number of hydrogen-bond donors (Lipinski definition) is 0. The molecule has 32 heavy (non-hydrogen) atoms. The molecule has 6 nitrogen and oxygen atoms in total. The van der Waals surface area contributed by atoms with Crippen LogP contribution in [0, 0.1) is 5.82 Å². The number of carbonyl (C=O) groups excluding carboxylic acids is 1. The highest BCUT2D eigenvalue weighted by Gasteiger charge is 2.23. The molecule has 1 aliphatic heterocycles. The van der Waals surface area contributed by atoms with Crippen LogP contribution in [0.1, 0.15) is 24.9 Å². The van der Waals surface area contributed by atoms with Gasteiger partial charge in [0.05, 0.1) is 22.3 Å². The Bertz CT molecular complexity index is 1480. The van der Waals surface area contributed by atoms with Crippen LogP contribution in [-0.2, 0) is 11.3 Å². The molecular formula is C23H16ClFN4O2S. The normalized spacial score (nSPS) is 14.2. The molecule has 0 bridgehead atoms. The number of benzene rings is 2. The fourth-order valence-electron chi connectivity index (χ4n) is 3.79. The topological polar surface area (TPSA) is 68.1 Å². The van der Waals surface area contributed by atoms with Gasteiger partial charge in [-0.2, -0.15) is 0 Å². The zero-order chi connectivity index (χ0) is 22.4. The number of anilines is 2. The van der Waals surface area contributed by atoms with E-state index < -0.39 is 5.82 Å². The van der Waals surface area contributed by atoms with Crippen molar-refractivity contribution in [1.82, 2.24) is 14.5 Å². The number of amides is 1. The lowest BCUT2D eigenvalue weighted by molar-refractivity contribution is -0.115. The third kappa shape index (κ3) is 3.51. The van der Waals surface area contributed by atoms with Gasteiger partial charge in [0, 0.05) is 23.9 Å². The SMILES string of the molecule is CC(=O)N(c1nc(/C=C2\CCn3c2nc2ccc(Cl)cc2c3=O)cs1)c1ccccc1F. The fourth-order valence-corrected chi connectivity index (χ4v) is 4.80. The first-order chi connectivity index (χ1) is 15.4. The Morgan fingerprint density at radius 3 is 2.84 bits per heavy atom. The van der Waals surface area contributed by atoms with Crippen molar-refractivity contribution in [3.05, 3.63) is 80.6 Å². The summed E-state index contributed by atoms with van der Waals surface area (Å²) in [6, 6.07) is 11.1. The van der Waals surface area contributed by atoms with E-state index in [0.717, 1.165) is 5.57 Å². The number of nitrogens with zero attached hydrogens (tertiary/aromatic N) is 4. The van der Waals surface area contributed by atoms with E-state index in [2.05, 4.69) is 9.97 Å². The second-order valence-electron chi connectivity index (χ2n) is 7.33. The molecular weight excluding hydrogens is 451 g/mol. The van der Waals surface area contributed by atoms with Crippen molar-refractivity contribution in [2.75, 3.05) is 4.90 Å². The zero-order valence-electron chi connectivity index (χ0n) is 16.9. The Kier molecular flexibility index (Phi) is 5.11. The summed E-state index contributed by atoms with van der Waals surface area (Å²) in [5.74, 6) is -0.247. The van der Waals surface area contributed by atoms with Crippen molar-refractivity contribution in [2.45, 2.75) is 19.9 Å². The summed E-state index contributed by atoms with van der Waals surface area (Å²) >= 11 is 7.28. The highest BCUT2D eigenvalue weighted by Crippen LogP contribution is 2.33. The average molecular weight is 467 g/mol. The summed E-state index contributed by atoms with van der Waals surface area (Å²) in [4.78, 5) is 35.6. The Hall–Kier alpha value is -3.36. The maximum Gasteiger partial charge on any atom is 0.261 e. The molecule has 1 amide bonds. The highest BCUT2D eigenvalue weighted by molar-refractivity contribution is 7.14. The minimum atomic E-state index is -0.502. The maximum absolute atomic E-state index is 14.3. The fraction of sp³-hybridized carbons (Fsp3) is 0.130. The minimum absolute atomic E-state index is 0.128. The van der Waals surface area contributed by atoms with Crippen LogP contribution < -0.4 is 10.5 Å². The smallest absolute Gasteiger partial charge is 0.261 e. The van der Waals surface area contributed by atoms with Crippen LogP contribution in [0.5, 0.6) is 0 Å². The van der Waals surface area contributed by atoms with Crippen molar-refractivity contribution in [3.8, 4) is 0 Å². The number of para-hydroxylation sites is 1. The number of thiazole rings is 1. The van der Waals surface area contributed by atoms with Crippen molar-refractivity contribution in [1.29, 1.82) is 0 Å². The molecule has 0 fully saturated rings. The van der Waals surface area contributed by atoms with Gasteiger partial charge in [0.15, 0.2) is 5.13 Å². The first kappa shape index (κ1) is 20.5. The largest absolute Gasteiger partial charge is 0.292 e. The minimum Gasteiger partial charge on any atom is -0.292 e. The van der Waals surface area contributed by atoms with E-state index in [0.29, 0.717) is 45.5 Å². The van der Waals surface area contributed by atoms with E-state index in [1.165, 1.54) is 35.3 Å². The number of carbonyl (C=O) groups is 1. The molecule has 2 aromatic carbocycles. The summed E-state index contributed by atoms with van der Waals surface area (Å²) in [6.45, 7) is 1.88. The molecule has 5 rings (SSSR count). The van der Waals surface area contributed by atoms with Crippen molar-refractivity contribution in [3.63, 3.8) is 0 Å². The van der Waals surface area contributed by atoms with E-state index in [1.54, 1.807) is 40.3 Å². The lowest BCUT2D eigenvalue weighted by Gasteiger charge is -2.18. The zero-order valence-corrected chi connectivity index (χ0v) is 18.5. The third-order valence-corrected chi connectivity index (χ3v) is 6.32. The number of halogens is 2. The lowest BCUT2D eigenvalue weighted by atomic mass is 10.2. The van der Waals surface area contributed by atoms with Crippen LogP contribution in [0.4, 0.5) is 15.2 Å². The van der Waals surface area contributed by atoms with E-state index >= 15 is 0 Å². The van der Waals surface area contributed by atoms with Crippen LogP contribution in [0.2, 0.25) is 5.02 Å². The first-order valence-electron chi connectivity index (χ1n) is 9.84. The number of rotatable bonds is 3. The third-order valence-electron chi connectivity index (χ3n) is 5.24. The number of allylic oxidation sites excluding steroid dienone is 1. The molecule has 0 radical (unpaired) electrons. The van der Waals surface area contributed by atoms with Crippen LogP contribution in [0.15, 0.2) is 52.6 Å². The summed E-state index contributed by atoms with van der Waals surface area (Å²) in [6.07, 6.45) is 2.48. The maximum atomic E-state index is 14.3. The van der Waals surface area contributed by atoms with Crippen molar-refractivity contribution < 1.29 is 9.18 Å². The van der Waals surface area contributed by atoms with E-state index in [-0.39, 0.29) is 17.2 Å². The molecule has 0 N–H and O–H groups in total. The first-order valence-corrected chi connectivity index (χ1v) is 11.1. The van der Waals surface area contributed by atoms with Crippen LogP contribution >= 0.6 is 22.9 Å². The molecule has 0 saturated carbocycles. The van der Waals surface area contributed by atoms with Crippen LogP contribution in [0.25, 0.3) is 22.6 Å². The van der Waals surface area contributed by atoms with Gasteiger partial charge >= 0.3 is 0 Å². The van der Waals surface area contributed by atoms with Gasteiger partial charge in [-0.15, -0.1) is 11.3 Å². The number of fused-ring (bicyclic) bond motifs is 2. The van der Waals surface area contributed by atoms with E-state index in [1.807, 2.05) is 6.08 Å². The van der Waals surface area contributed by atoms with Gasteiger partial charge in [0.25, 0.3) is 5.56 Å². The van der Waals surface area contributed by atoms with E-state index in [4.69, 9.17) is 11.6 Å². The average Bonchev–Trinajstić information content (AvgIpc) is 3.38. The molecule has 0 unspecified atom stereocenters. The molecule has 3 heterocycles. The van der Waals surface area contributed by atoms with Gasteiger partial charge in [-0.3, -0.25) is 19.1 Å². The highest BCUT2D eigenvalue weighted by atomic mass is 35.5. The van der Waals surface area contributed by atoms with Gasteiger partial charge in [-0.25, -0.2) is 14.4 Å². The predicted octanol–water partition coefficient (Wildman–Crippen LogP) is 5.27. The van der Waals surface area contributed by atoms with Crippen molar-refractivity contribution in [2.24, 2.45) is 0 Å². The second kappa shape index (κ2) is 7.96. The van der Waals surface area contributed by atoms with Gasteiger partial charge in [0.1, 0.15) is 11.6 Å². The van der Waals surface area contributed by atoms with Gasteiger partial charge < -0.3 is 0 Å². The molecule has 0 atom stereocenters. The lowest BCUT2D eigenvalue weighted by Crippen LogP contribution is -2.23. The van der Waals surface area contributed by atoms with Gasteiger partial charge in [0.2, 0.25) is 5.91 Å². The Morgan fingerprint density at radius 1 is 1.25 bits per heavy atom. The standard InChI is InChI=1S/C23H16ClFN4O2S/c1-13(30)29(20-5-3-2-4-18(20)25)23-26-16(12-32-23)10-14-8-9-28-21(14)27-19-7-6-15(24)11-17(19)22(28)31/h2-7,10-12H,8-9H2,1H3/b14-10+. The van der Waals surface area contributed by atoms with Crippen LogP contribution in [-0.4, -0.2) is 20.4 Å². The molecule has 160 valence electrons. The molecule has 2 aromatic heterocycles. The Balaban J connectivity index is 1.54. The molecule has 1 aliphatic rings. The second-order valence-corrected chi connectivity index (χ2v) is 8.61. The van der Waals surface area contributed by atoms with Gasteiger partial charge in [-0.1, -0.05) is 23.7 Å². The Labute approximate surface area is 191 Å². The molecule has 9 heteroatoms.